The molecule has 5 aromatic carbocycles. The van der Waals surface area contributed by atoms with Gasteiger partial charge in [0.1, 0.15) is 0 Å². The lowest BCUT2D eigenvalue weighted by atomic mass is 9.83. The average Bonchev–Trinajstić information content (AvgIpc) is 3.10. The lowest BCUT2D eigenvalue weighted by Gasteiger charge is -2.37. The molecular weight excluding hydrogens is 468 g/mol. The molecule has 5 aromatic rings. The fraction of sp³-hybridized carbons (Fsp3) is 0.147. The Morgan fingerprint density at radius 3 is 2.30 bits per heavy atom. The van der Waals surface area contributed by atoms with E-state index in [9.17, 15) is 0 Å². The van der Waals surface area contributed by atoms with E-state index in [1.54, 1.807) is 0 Å². The first-order chi connectivity index (χ1) is 18.2. The van der Waals surface area contributed by atoms with Gasteiger partial charge in [-0.2, -0.15) is 0 Å². The van der Waals surface area contributed by atoms with Crippen molar-refractivity contribution < 1.29 is 0 Å². The maximum absolute atomic E-state index is 5.41. The summed E-state index contributed by atoms with van der Waals surface area (Å²) >= 11 is 1.98. The number of hydrogen-bond donors (Lipinski definition) is 0. The van der Waals surface area contributed by atoms with Gasteiger partial charge in [-0.05, 0) is 63.5 Å². The molecule has 0 aliphatic carbocycles. The smallest absolute Gasteiger partial charge is 0.0769 e. The summed E-state index contributed by atoms with van der Waals surface area (Å²) in [5, 5.41) is 5.47. The van der Waals surface area contributed by atoms with Crippen LogP contribution in [0.25, 0.3) is 27.6 Å². The first-order valence-electron chi connectivity index (χ1n) is 12.9. The van der Waals surface area contributed by atoms with Crippen LogP contribution in [0.2, 0.25) is 0 Å². The Kier molecular flexibility index (Phi) is 5.68. The quantitative estimate of drug-likeness (QED) is 0.243. The summed E-state index contributed by atoms with van der Waals surface area (Å²) in [5.41, 5.74) is 6.30. The van der Waals surface area contributed by atoms with Crippen LogP contribution in [-0.2, 0) is 0 Å². The van der Waals surface area contributed by atoms with Crippen LogP contribution in [0.3, 0.4) is 0 Å². The molecular formula is C34H28N2S. The number of hydrogen-bond acceptors (Lipinski definition) is 3. The van der Waals surface area contributed by atoms with Gasteiger partial charge in [-0.1, -0.05) is 97.1 Å². The fourth-order valence-corrected chi connectivity index (χ4v) is 7.33. The molecule has 0 radical (unpaired) electrons. The number of likely N-dealkylation sites (N-methyl/N-ethyl adjacent to an activating group) is 1. The van der Waals surface area contributed by atoms with E-state index in [1.807, 2.05) is 11.8 Å². The molecule has 2 aliphatic heterocycles. The van der Waals surface area contributed by atoms with Crippen molar-refractivity contribution in [3.05, 3.63) is 126 Å². The summed E-state index contributed by atoms with van der Waals surface area (Å²) < 4.78 is 0. The first-order valence-corrected chi connectivity index (χ1v) is 13.8. The molecule has 1 saturated heterocycles. The van der Waals surface area contributed by atoms with Gasteiger partial charge in [-0.3, -0.25) is 4.99 Å². The number of aliphatic imine (C=N–C) groups is 1. The molecule has 3 heteroatoms. The van der Waals surface area contributed by atoms with Crippen molar-refractivity contribution in [1.82, 2.24) is 4.90 Å². The van der Waals surface area contributed by atoms with Crippen LogP contribution in [0.4, 0.5) is 5.69 Å². The van der Waals surface area contributed by atoms with Crippen molar-refractivity contribution in [2.24, 2.45) is 10.9 Å². The second-order valence-corrected chi connectivity index (χ2v) is 11.3. The van der Waals surface area contributed by atoms with Gasteiger partial charge in [0.2, 0.25) is 0 Å². The minimum Gasteiger partial charge on any atom is -0.301 e. The van der Waals surface area contributed by atoms with Crippen LogP contribution in [0.1, 0.15) is 16.4 Å². The number of para-hydroxylation sites is 1. The molecule has 2 heterocycles. The second-order valence-electron chi connectivity index (χ2n) is 10.1. The van der Waals surface area contributed by atoms with E-state index in [0.717, 1.165) is 18.8 Å². The Labute approximate surface area is 222 Å². The Morgan fingerprint density at radius 2 is 1.43 bits per heavy atom. The van der Waals surface area contributed by atoms with Crippen LogP contribution in [0, 0.1) is 5.92 Å². The highest BCUT2D eigenvalue weighted by Gasteiger charge is 2.38. The lowest BCUT2D eigenvalue weighted by Crippen LogP contribution is -2.42. The summed E-state index contributed by atoms with van der Waals surface area (Å²) in [7, 11) is 2.25. The standard InChI is InChI=1S/C34H28N2S/c1-36-21-26(20-25-14-8-12-23-10-2-4-15-27(23)25)33-30(22-36)34(37-32-19-7-6-18-31(32)35-33)29-17-9-13-24-11-3-5-16-28(24)29/h2-20,30,34H,21-22H2,1H3/b26-20-/t30-,34+/m1/s1. The molecule has 0 amide bonds. The van der Waals surface area contributed by atoms with E-state index >= 15 is 0 Å². The molecule has 180 valence electrons. The van der Waals surface area contributed by atoms with Gasteiger partial charge in [0.25, 0.3) is 0 Å². The van der Waals surface area contributed by atoms with E-state index < -0.39 is 0 Å². The molecule has 0 N–H and O–H groups in total. The van der Waals surface area contributed by atoms with Gasteiger partial charge in [0.15, 0.2) is 0 Å². The molecule has 0 unspecified atom stereocenters. The molecule has 0 aromatic heterocycles. The molecule has 0 spiro atoms. The molecule has 2 aliphatic rings. The highest BCUT2D eigenvalue weighted by molar-refractivity contribution is 7.99. The van der Waals surface area contributed by atoms with Crippen molar-refractivity contribution >= 4 is 50.8 Å². The first kappa shape index (κ1) is 22.5. The number of piperidine rings is 1. The van der Waals surface area contributed by atoms with Gasteiger partial charge in [0.05, 0.1) is 11.4 Å². The third-order valence-corrected chi connectivity index (χ3v) is 9.07. The predicted octanol–water partition coefficient (Wildman–Crippen LogP) is 8.56. The van der Waals surface area contributed by atoms with Gasteiger partial charge in [-0.15, -0.1) is 11.8 Å². The zero-order chi connectivity index (χ0) is 24.8. The van der Waals surface area contributed by atoms with Crippen LogP contribution in [-0.4, -0.2) is 30.7 Å². The summed E-state index contributed by atoms with van der Waals surface area (Å²) in [4.78, 5) is 9.14. The highest BCUT2D eigenvalue weighted by Crippen LogP contribution is 2.51. The zero-order valence-corrected chi connectivity index (χ0v) is 21.7. The number of thioether (sulfide) groups is 1. The minimum atomic E-state index is 0.271. The topological polar surface area (TPSA) is 15.6 Å². The summed E-state index contributed by atoms with van der Waals surface area (Å²) in [6.07, 6.45) is 2.39. The Morgan fingerprint density at radius 1 is 0.757 bits per heavy atom. The summed E-state index contributed by atoms with van der Waals surface area (Å²) in [5.74, 6) is 0.281. The monoisotopic (exact) mass is 496 g/mol. The molecule has 7 rings (SSSR count). The molecule has 0 saturated carbocycles. The van der Waals surface area contributed by atoms with Gasteiger partial charge >= 0.3 is 0 Å². The van der Waals surface area contributed by atoms with E-state index in [0.29, 0.717) is 0 Å². The van der Waals surface area contributed by atoms with Crippen LogP contribution in [0.15, 0.2) is 125 Å². The van der Waals surface area contributed by atoms with Crippen LogP contribution < -0.4 is 0 Å². The maximum Gasteiger partial charge on any atom is 0.0769 e. The number of likely N-dealkylation sites (tertiary alicyclic amines) is 1. The van der Waals surface area contributed by atoms with Crippen molar-refractivity contribution in [2.45, 2.75) is 10.1 Å². The van der Waals surface area contributed by atoms with Crippen LogP contribution >= 0.6 is 11.8 Å². The lowest BCUT2D eigenvalue weighted by molar-refractivity contribution is 0.316. The van der Waals surface area contributed by atoms with Crippen molar-refractivity contribution in [1.29, 1.82) is 0 Å². The van der Waals surface area contributed by atoms with E-state index in [1.165, 1.54) is 48.9 Å². The number of nitrogens with zero attached hydrogens (tertiary/aromatic N) is 2. The average molecular weight is 497 g/mol. The normalized spacial score (nSPS) is 20.9. The second kappa shape index (κ2) is 9.33. The third kappa shape index (κ3) is 4.09. The Balaban J connectivity index is 1.44. The summed E-state index contributed by atoms with van der Waals surface area (Å²) in [6, 6.07) is 39.5. The molecule has 1 fully saturated rings. The predicted molar refractivity (Wildman–Crippen MR) is 159 cm³/mol. The Hall–Kier alpha value is -3.66. The number of rotatable bonds is 2. The van der Waals surface area contributed by atoms with Crippen molar-refractivity contribution in [2.75, 3.05) is 20.1 Å². The number of benzene rings is 5. The Bertz CT molecular complexity index is 1690. The van der Waals surface area contributed by atoms with Gasteiger partial charge in [-0.25, -0.2) is 0 Å². The van der Waals surface area contributed by atoms with Crippen LogP contribution in [0.5, 0.6) is 0 Å². The molecule has 0 bridgehead atoms. The minimum absolute atomic E-state index is 0.271. The van der Waals surface area contributed by atoms with Crippen molar-refractivity contribution in [3.63, 3.8) is 0 Å². The maximum atomic E-state index is 5.41. The van der Waals surface area contributed by atoms with Gasteiger partial charge in [0, 0.05) is 29.2 Å². The SMILES string of the molecule is CN1C/C(=C/c2cccc3ccccc23)C2=Nc3ccccc3S[C@@H](c3cccc4ccccc34)[C@@H]2C1. The zero-order valence-electron chi connectivity index (χ0n) is 20.8. The largest absolute Gasteiger partial charge is 0.301 e. The van der Waals surface area contributed by atoms with E-state index in [-0.39, 0.29) is 11.2 Å². The fourth-order valence-electron chi connectivity index (χ4n) is 5.95. The third-order valence-electron chi connectivity index (χ3n) is 7.64. The summed E-state index contributed by atoms with van der Waals surface area (Å²) in [6.45, 7) is 1.88. The van der Waals surface area contributed by atoms with Gasteiger partial charge < -0.3 is 4.90 Å². The molecule has 2 atom stereocenters. The molecule has 37 heavy (non-hydrogen) atoms. The highest BCUT2D eigenvalue weighted by atomic mass is 32.2. The van der Waals surface area contributed by atoms with E-state index in [2.05, 4.69) is 127 Å². The van der Waals surface area contributed by atoms with E-state index in [4.69, 9.17) is 4.99 Å². The number of fused-ring (bicyclic) bond motifs is 4. The van der Waals surface area contributed by atoms with Crippen molar-refractivity contribution in [3.8, 4) is 0 Å². The molecule has 2 nitrogen and oxygen atoms in total.